The zero-order valence-electron chi connectivity index (χ0n) is 13.5. The maximum atomic E-state index is 5.52. The van der Waals surface area contributed by atoms with Crippen LogP contribution in [0.5, 0.6) is 0 Å². The predicted molar refractivity (Wildman–Crippen MR) is 106 cm³/mol. The first kappa shape index (κ1) is 19.9. The molecule has 6 heteroatoms. The molecule has 2 rings (SSSR count). The van der Waals surface area contributed by atoms with E-state index in [0.717, 1.165) is 56.9 Å². The molecule has 0 aromatic heterocycles. The van der Waals surface area contributed by atoms with Gasteiger partial charge in [-0.1, -0.05) is 5.92 Å². The Hall–Kier alpha value is -0.130. The minimum absolute atomic E-state index is 0. The maximum absolute atomic E-state index is 5.52. The number of aliphatic imine (C=N–C) groups is 1. The molecule has 0 unspecified atom stereocenters. The minimum Gasteiger partial charge on any atom is -0.381 e. The smallest absolute Gasteiger partial charge is 0.193 e. The fourth-order valence-electron chi connectivity index (χ4n) is 3.10. The number of guanidine groups is 1. The van der Waals surface area contributed by atoms with Crippen molar-refractivity contribution in [3.63, 3.8) is 0 Å². The van der Waals surface area contributed by atoms with Crippen LogP contribution in [0.2, 0.25) is 0 Å². The Kier molecular flexibility index (Phi) is 9.60. The second-order valence-electron chi connectivity index (χ2n) is 5.78. The van der Waals surface area contributed by atoms with Crippen molar-refractivity contribution < 1.29 is 4.74 Å². The molecule has 126 valence electrons. The summed E-state index contributed by atoms with van der Waals surface area (Å²) < 4.78 is 5.52. The van der Waals surface area contributed by atoms with Gasteiger partial charge in [-0.25, -0.2) is 0 Å². The van der Waals surface area contributed by atoms with E-state index in [1.165, 1.54) is 19.3 Å². The van der Waals surface area contributed by atoms with Gasteiger partial charge in [0.1, 0.15) is 0 Å². The van der Waals surface area contributed by atoms with Gasteiger partial charge in [0, 0.05) is 38.6 Å². The van der Waals surface area contributed by atoms with Crippen LogP contribution in [0.25, 0.3) is 0 Å². The first-order valence-electron chi connectivity index (χ1n) is 7.92. The Bertz CT molecular complexity index is 391. The molecule has 2 heterocycles. The molecule has 0 atom stereocenters. The van der Waals surface area contributed by atoms with E-state index in [-0.39, 0.29) is 24.0 Å². The summed E-state index contributed by atoms with van der Waals surface area (Å²) in [5.74, 6) is 5.49. The van der Waals surface area contributed by atoms with E-state index in [1.54, 1.807) is 11.8 Å². The van der Waals surface area contributed by atoms with Crippen LogP contribution >= 0.6 is 35.7 Å². The van der Waals surface area contributed by atoms with E-state index < -0.39 is 0 Å². The minimum atomic E-state index is 0. The summed E-state index contributed by atoms with van der Waals surface area (Å²) in [6.07, 6.45) is 8.92. The molecule has 0 amide bonds. The number of ether oxygens (including phenoxy) is 1. The van der Waals surface area contributed by atoms with Gasteiger partial charge in [-0.05, 0) is 31.6 Å². The Morgan fingerprint density at radius 1 is 1.41 bits per heavy atom. The lowest BCUT2D eigenvalue weighted by Crippen LogP contribution is -2.42. The monoisotopic (exact) mass is 437 g/mol. The summed E-state index contributed by atoms with van der Waals surface area (Å²) in [6.45, 7) is 7.96. The van der Waals surface area contributed by atoms with Gasteiger partial charge >= 0.3 is 0 Å². The molecule has 0 aromatic rings. The van der Waals surface area contributed by atoms with E-state index in [0.29, 0.717) is 5.41 Å². The second kappa shape index (κ2) is 10.6. The average Bonchev–Trinajstić information content (AvgIpc) is 2.90. The lowest BCUT2D eigenvalue weighted by Gasteiger charge is -2.33. The van der Waals surface area contributed by atoms with Gasteiger partial charge in [0.15, 0.2) is 5.96 Å². The Morgan fingerprint density at radius 3 is 2.86 bits per heavy atom. The van der Waals surface area contributed by atoms with E-state index in [4.69, 9.17) is 16.2 Å². The highest BCUT2D eigenvalue weighted by Gasteiger charge is 2.40. The summed E-state index contributed by atoms with van der Waals surface area (Å²) in [6, 6.07) is 0. The molecule has 2 aliphatic rings. The third kappa shape index (κ3) is 5.82. The van der Waals surface area contributed by atoms with Crippen LogP contribution in [-0.4, -0.2) is 61.8 Å². The van der Waals surface area contributed by atoms with Gasteiger partial charge in [-0.2, -0.15) is 0 Å². The van der Waals surface area contributed by atoms with Gasteiger partial charge < -0.3 is 15.0 Å². The Labute approximate surface area is 156 Å². The van der Waals surface area contributed by atoms with Crippen LogP contribution in [-0.2, 0) is 4.74 Å². The van der Waals surface area contributed by atoms with Crippen molar-refractivity contribution in [3.05, 3.63) is 0 Å². The molecular weight excluding hydrogens is 409 g/mol. The lowest BCUT2D eigenvalue weighted by atomic mass is 9.80. The van der Waals surface area contributed by atoms with Gasteiger partial charge in [0.05, 0.1) is 12.3 Å². The number of hydrogen-bond acceptors (Lipinski definition) is 3. The Morgan fingerprint density at radius 2 is 2.18 bits per heavy atom. The number of nitrogens with one attached hydrogen (secondary N) is 1. The van der Waals surface area contributed by atoms with Crippen LogP contribution in [0.15, 0.2) is 4.99 Å². The van der Waals surface area contributed by atoms with Crippen molar-refractivity contribution >= 4 is 41.7 Å². The molecule has 2 fully saturated rings. The normalized spacial score (nSPS) is 20.5. The molecule has 0 saturated carbocycles. The van der Waals surface area contributed by atoms with Gasteiger partial charge in [-0.3, -0.25) is 4.99 Å². The average molecular weight is 437 g/mol. The number of nitrogens with zero attached hydrogens (tertiary/aromatic N) is 2. The molecular formula is C16H28IN3OS. The highest BCUT2D eigenvalue weighted by atomic mass is 127. The van der Waals surface area contributed by atoms with Crippen molar-refractivity contribution in [2.45, 2.75) is 26.2 Å². The van der Waals surface area contributed by atoms with Crippen molar-refractivity contribution in [2.24, 2.45) is 10.4 Å². The number of likely N-dealkylation sites (tertiary alicyclic amines) is 1. The summed E-state index contributed by atoms with van der Waals surface area (Å²) in [5.41, 5.74) is 0.465. The standard InChI is InChI=1S/C16H27N3OS.HI/c1-3-12-21-13-8-18-15(17-4-2)19-9-5-16(14-19)6-10-20-11-7-16;/h1H,4-14H2,2H3,(H,17,18);1H. The summed E-state index contributed by atoms with van der Waals surface area (Å²) >= 11 is 1.77. The van der Waals surface area contributed by atoms with E-state index in [2.05, 4.69) is 23.1 Å². The van der Waals surface area contributed by atoms with Gasteiger partial charge in [0.25, 0.3) is 0 Å². The molecule has 22 heavy (non-hydrogen) atoms. The second-order valence-corrected chi connectivity index (χ2v) is 6.88. The Balaban J connectivity index is 0.00000242. The highest BCUT2D eigenvalue weighted by Crippen LogP contribution is 2.39. The first-order chi connectivity index (χ1) is 10.3. The zero-order chi connectivity index (χ0) is 15.0. The fraction of sp³-hybridized carbons (Fsp3) is 0.812. The molecule has 1 N–H and O–H groups in total. The largest absolute Gasteiger partial charge is 0.381 e. The third-order valence-electron chi connectivity index (χ3n) is 4.31. The third-order valence-corrected chi connectivity index (χ3v) is 5.15. The number of hydrogen-bond donors (Lipinski definition) is 1. The van der Waals surface area contributed by atoms with Crippen molar-refractivity contribution in [3.8, 4) is 12.3 Å². The molecule has 1 spiro atoms. The SMILES string of the molecule is C#CCSCCN=C(NCC)N1CCC2(CCOCC2)C1.I. The van der Waals surface area contributed by atoms with Crippen LogP contribution in [0, 0.1) is 17.8 Å². The van der Waals surface area contributed by atoms with Crippen LogP contribution in [0.3, 0.4) is 0 Å². The molecule has 4 nitrogen and oxygen atoms in total. The van der Waals surface area contributed by atoms with Crippen LogP contribution in [0.1, 0.15) is 26.2 Å². The highest BCUT2D eigenvalue weighted by molar-refractivity contribution is 14.0. The molecule has 0 bridgehead atoms. The summed E-state index contributed by atoms with van der Waals surface area (Å²) in [4.78, 5) is 7.19. The molecule has 0 radical (unpaired) electrons. The zero-order valence-corrected chi connectivity index (χ0v) is 16.6. The molecule has 0 aromatic carbocycles. The van der Waals surface area contributed by atoms with Gasteiger partial charge in [-0.15, -0.1) is 42.2 Å². The van der Waals surface area contributed by atoms with E-state index in [9.17, 15) is 0 Å². The van der Waals surface area contributed by atoms with Crippen molar-refractivity contribution in [1.29, 1.82) is 0 Å². The number of thioether (sulfide) groups is 1. The fourth-order valence-corrected chi connectivity index (χ4v) is 3.58. The van der Waals surface area contributed by atoms with Crippen LogP contribution in [0.4, 0.5) is 0 Å². The molecule has 2 saturated heterocycles. The van der Waals surface area contributed by atoms with E-state index >= 15 is 0 Å². The number of rotatable bonds is 5. The first-order valence-corrected chi connectivity index (χ1v) is 9.07. The van der Waals surface area contributed by atoms with Crippen molar-refractivity contribution in [2.75, 3.05) is 50.9 Å². The topological polar surface area (TPSA) is 36.9 Å². The number of terminal acetylenes is 1. The van der Waals surface area contributed by atoms with E-state index in [1.807, 2.05) is 0 Å². The van der Waals surface area contributed by atoms with Gasteiger partial charge in [0.2, 0.25) is 0 Å². The van der Waals surface area contributed by atoms with Crippen molar-refractivity contribution in [1.82, 2.24) is 10.2 Å². The quantitative estimate of drug-likeness (QED) is 0.236. The van der Waals surface area contributed by atoms with Crippen LogP contribution < -0.4 is 5.32 Å². The predicted octanol–water partition coefficient (Wildman–Crippen LogP) is 2.44. The summed E-state index contributed by atoms with van der Waals surface area (Å²) in [7, 11) is 0. The molecule has 2 aliphatic heterocycles. The maximum Gasteiger partial charge on any atom is 0.193 e. The lowest BCUT2D eigenvalue weighted by molar-refractivity contribution is 0.0218. The number of halogens is 1. The summed E-state index contributed by atoms with van der Waals surface area (Å²) in [5, 5.41) is 3.43. The molecule has 0 aliphatic carbocycles.